The van der Waals surface area contributed by atoms with Gasteiger partial charge in [-0.05, 0) is 18.2 Å². The molecule has 0 aliphatic rings. The quantitative estimate of drug-likeness (QED) is 0.658. The molecule has 2 amide bonds. The second-order valence-electron chi connectivity index (χ2n) is 2.85. The van der Waals surface area contributed by atoms with Crippen molar-refractivity contribution >= 4 is 23.4 Å². The summed E-state index contributed by atoms with van der Waals surface area (Å²) in [6.07, 6.45) is 0. The predicted octanol–water partition coefficient (Wildman–Crippen LogP) is 0.192. The highest BCUT2D eigenvalue weighted by Gasteiger charge is 2.08. The molecule has 0 unspecified atom stereocenters. The van der Waals surface area contributed by atoms with Gasteiger partial charge in [0.15, 0.2) is 6.61 Å². The largest absolute Gasteiger partial charge is 0.506 e. The number of rotatable bonds is 4. The molecule has 0 spiro atoms. The number of nitrogens with two attached hydrogens (primary N) is 1. The van der Waals surface area contributed by atoms with Crippen molar-refractivity contribution in [3.8, 4) is 5.75 Å². The van der Waals surface area contributed by atoms with Crippen LogP contribution in [0.4, 0.5) is 0 Å². The van der Waals surface area contributed by atoms with Gasteiger partial charge in [-0.25, -0.2) is 5.48 Å². The van der Waals surface area contributed by atoms with Crippen molar-refractivity contribution in [2.45, 2.75) is 0 Å². The standard InChI is InChI=1S/C9H9ClN2O4/c10-6-3-5(1-2-7(6)13)9(15)12-16-4-8(11)14/h1-3,13H,4H2,(H2,11,14)(H,12,15). The molecular weight excluding hydrogens is 236 g/mol. The summed E-state index contributed by atoms with van der Waals surface area (Å²) in [5.41, 5.74) is 6.98. The lowest BCUT2D eigenvalue weighted by Crippen LogP contribution is -2.29. The summed E-state index contributed by atoms with van der Waals surface area (Å²) < 4.78 is 0. The van der Waals surface area contributed by atoms with Gasteiger partial charge in [0.05, 0.1) is 5.02 Å². The number of carbonyl (C=O) groups is 2. The zero-order chi connectivity index (χ0) is 12.1. The van der Waals surface area contributed by atoms with Gasteiger partial charge < -0.3 is 10.8 Å². The van der Waals surface area contributed by atoms with Crippen molar-refractivity contribution in [3.63, 3.8) is 0 Å². The summed E-state index contributed by atoms with van der Waals surface area (Å²) in [6.45, 7) is -0.419. The van der Waals surface area contributed by atoms with E-state index in [9.17, 15) is 9.59 Å². The van der Waals surface area contributed by atoms with Crippen molar-refractivity contribution < 1.29 is 19.5 Å². The van der Waals surface area contributed by atoms with Crippen molar-refractivity contribution in [1.82, 2.24) is 5.48 Å². The molecule has 0 aliphatic carbocycles. The number of hydroxylamine groups is 1. The zero-order valence-electron chi connectivity index (χ0n) is 8.07. The summed E-state index contributed by atoms with van der Waals surface area (Å²) in [6, 6.07) is 3.88. The van der Waals surface area contributed by atoms with E-state index in [-0.39, 0.29) is 16.3 Å². The summed E-state index contributed by atoms with van der Waals surface area (Å²) >= 11 is 5.60. The minimum Gasteiger partial charge on any atom is -0.506 e. The minimum atomic E-state index is -0.705. The minimum absolute atomic E-state index is 0.0440. The van der Waals surface area contributed by atoms with Gasteiger partial charge in [0.25, 0.3) is 5.91 Å². The number of primary amides is 1. The first kappa shape index (κ1) is 12.3. The lowest BCUT2D eigenvalue weighted by molar-refractivity contribution is -0.124. The van der Waals surface area contributed by atoms with Gasteiger partial charge >= 0.3 is 0 Å². The normalized spacial score (nSPS) is 9.81. The Morgan fingerprint density at radius 1 is 1.50 bits per heavy atom. The smallest absolute Gasteiger partial charge is 0.274 e. The highest BCUT2D eigenvalue weighted by atomic mass is 35.5. The van der Waals surface area contributed by atoms with Crippen LogP contribution in [-0.2, 0) is 9.63 Å². The lowest BCUT2D eigenvalue weighted by atomic mass is 10.2. The molecule has 6 nitrogen and oxygen atoms in total. The number of benzene rings is 1. The number of aromatic hydroxyl groups is 1. The van der Waals surface area contributed by atoms with E-state index in [1.54, 1.807) is 0 Å². The molecule has 0 saturated heterocycles. The molecule has 1 aromatic rings. The molecule has 0 aliphatic heterocycles. The van der Waals surface area contributed by atoms with Gasteiger partial charge in [-0.15, -0.1) is 0 Å². The summed E-state index contributed by atoms with van der Waals surface area (Å²) in [5.74, 6) is -1.43. The van der Waals surface area contributed by atoms with E-state index >= 15 is 0 Å². The summed E-state index contributed by atoms with van der Waals surface area (Å²) in [4.78, 5) is 26.2. The first-order chi connectivity index (χ1) is 7.50. The van der Waals surface area contributed by atoms with Crippen LogP contribution < -0.4 is 11.2 Å². The van der Waals surface area contributed by atoms with Crippen LogP contribution >= 0.6 is 11.6 Å². The van der Waals surface area contributed by atoms with Gasteiger partial charge in [0.2, 0.25) is 5.91 Å². The molecule has 0 fully saturated rings. The third-order valence-corrected chi connectivity index (χ3v) is 1.89. The van der Waals surface area contributed by atoms with Crippen LogP contribution in [0.25, 0.3) is 0 Å². The number of carbonyl (C=O) groups excluding carboxylic acids is 2. The van der Waals surface area contributed by atoms with Crippen molar-refractivity contribution in [1.29, 1.82) is 0 Å². The van der Waals surface area contributed by atoms with Crippen LogP contribution in [0.2, 0.25) is 5.02 Å². The Morgan fingerprint density at radius 3 is 2.75 bits per heavy atom. The molecule has 0 radical (unpaired) electrons. The van der Waals surface area contributed by atoms with Gasteiger partial charge in [-0.1, -0.05) is 11.6 Å². The Kier molecular flexibility index (Phi) is 4.10. The van der Waals surface area contributed by atoms with Crippen molar-refractivity contribution in [2.24, 2.45) is 5.73 Å². The molecule has 0 heterocycles. The second-order valence-corrected chi connectivity index (χ2v) is 3.26. The van der Waals surface area contributed by atoms with E-state index in [2.05, 4.69) is 4.84 Å². The topological polar surface area (TPSA) is 102 Å². The summed E-state index contributed by atoms with van der Waals surface area (Å²) in [5, 5.41) is 9.16. The molecule has 0 aromatic heterocycles. The molecule has 16 heavy (non-hydrogen) atoms. The second kappa shape index (κ2) is 5.34. The monoisotopic (exact) mass is 244 g/mol. The van der Waals surface area contributed by atoms with Crippen LogP contribution in [0.3, 0.4) is 0 Å². The van der Waals surface area contributed by atoms with Crippen LogP contribution in [0.15, 0.2) is 18.2 Å². The predicted molar refractivity (Wildman–Crippen MR) is 55.7 cm³/mol. The van der Waals surface area contributed by atoms with E-state index in [1.165, 1.54) is 18.2 Å². The Morgan fingerprint density at radius 2 is 2.19 bits per heavy atom. The number of phenols is 1. The van der Waals surface area contributed by atoms with Gasteiger partial charge in [0.1, 0.15) is 5.75 Å². The van der Waals surface area contributed by atoms with E-state index in [1.807, 2.05) is 5.48 Å². The average molecular weight is 245 g/mol. The maximum atomic E-state index is 11.4. The number of halogens is 1. The molecule has 1 aromatic carbocycles. The first-order valence-electron chi connectivity index (χ1n) is 4.19. The van der Waals surface area contributed by atoms with E-state index < -0.39 is 18.4 Å². The number of hydrogen-bond donors (Lipinski definition) is 3. The SMILES string of the molecule is NC(=O)CONC(=O)c1ccc(O)c(Cl)c1. The Bertz CT molecular complexity index is 422. The van der Waals surface area contributed by atoms with Crippen LogP contribution in [0.1, 0.15) is 10.4 Å². The Hall–Kier alpha value is -1.79. The number of amides is 2. The lowest BCUT2D eigenvalue weighted by Gasteiger charge is -2.04. The third kappa shape index (κ3) is 3.41. The molecular formula is C9H9ClN2O4. The van der Waals surface area contributed by atoms with E-state index in [0.717, 1.165) is 0 Å². The van der Waals surface area contributed by atoms with Gasteiger partial charge in [-0.2, -0.15) is 0 Å². The third-order valence-electron chi connectivity index (χ3n) is 1.59. The molecule has 1 rings (SSSR count). The maximum absolute atomic E-state index is 11.4. The van der Waals surface area contributed by atoms with Crippen LogP contribution in [0.5, 0.6) is 5.75 Å². The molecule has 0 saturated carbocycles. The average Bonchev–Trinajstić information content (AvgIpc) is 2.21. The molecule has 86 valence electrons. The fraction of sp³-hybridized carbons (Fsp3) is 0.111. The van der Waals surface area contributed by atoms with Gasteiger partial charge in [0, 0.05) is 5.56 Å². The Labute approximate surface area is 95.9 Å². The van der Waals surface area contributed by atoms with Crippen LogP contribution in [-0.4, -0.2) is 23.5 Å². The summed E-state index contributed by atoms with van der Waals surface area (Å²) in [7, 11) is 0. The van der Waals surface area contributed by atoms with Crippen molar-refractivity contribution in [2.75, 3.05) is 6.61 Å². The highest BCUT2D eigenvalue weighted by molar-refractivity contribution is 6.32. The highest BCUT2D eigenvalue weighted by Crippen LogP contribution is 2.23. The fourth-order valence-electron chi connectivity index (χ4n) is 0.880. The molecule has 0 atom stereocenters. The Balaban J connectivity index is 2.59. The molecule has 0 bridgehead atoms. The fourth-order valence-corrected chi connectivity index (χ4v) is 1.06. The molecule has 4 N–H and O–H groups in total. The van der Waals surface area contributed by atoms with Crippen LogP contribution in [0, 0.1) is 0 Å². The number of nitrogens with one attached hydrogen (secondary N) is 1. The van der Waals surface area contributed by atoms with E-state index in [4.69, 9.17) is 22.4 Å². The zero-order valence-corrected chi connectivity index (χ0v) is 8.82. The van der Waals surface area contributed by atoms with Gasteiger partial charge in [-0.3, -0.25) is 14.4 Å². The van der Waals surface area contributed by atoms with E-state index in [0.29, 0.717) is 0 Å². The number of phenolic OH excluding ortho intramolecular Hbond substituents is 1. The first-order valence-corrected chi connectivity index (χ1v) is 4.57. The molecule has 7 heteroatoms. The van der Waals surface area contributed by atoms with Crippen molar-refractivity contribution in [3.05, 3.63) is 28.8 Å². The number of hydrogen-bond acceptors (Lipinski definition) is 4. The maximum Gasteiger partial charge on any atom is 0.274 e.